The van der Waals surface area contributed by atoms with Gasteiger partial charge in [0.2, 0.25) is 5.89 Å². The highest BCUT2D eigenvalue weighted by atomic mass is 32.2. The molecule has 8 heteroatoms. The molecule has 0 unspecified atom stereocenters. The summed E-state index contributed by atoms with van der Waals surface area (Å²) < 4.78 is 12.0. The summed E-state index contributed by atoms with van der Waals surface area (Å²) in [6, 6.07) is 1.90. The minimum atomic E-state index is 0.489. The summed E-state index contributed by atoms with van der Waals surface area (Å²) in [5, 5.41) is 17.0. The van der Waals surface area contributed by atoms with Crippen molar-refractivity contribution < 1.29 is 8.83 Å². The van der Waals surface area contributed by atoms with Crippen LogP contribution in [0.4, 0.5) is 0 Å². The molecule has 0 fully saturated rings. The summed E-state index contributed by atoms with van der Waals surface area (Å²) in [4.78, 5) is 0. The molecule has 6 nitrogen and oxygen atoms in total. The maximum atomic E-state index is 5.65. The Morgan fingerprint density at radius 3 is 2.60 bits per heavy atom. The highest BCUT2D eigenvalue weighted by molar-refractivity contribution is 8.00. The van der Waals surface area contributed by atoms with Gasteiger partial charge in [0, 0.05) is 0 Å². The molecule has 20 heavy (non-hydrogen) atoms. The lowest BCUT2D eigenvalue weighted by atomic mass is 10.2. The Balaban J connectivity index is 1.72. The fraction of sp³-hybridized carbons (Fsp3) is 0.333. The summed E-state index contributed by atoms with van der Waals surface area (Å²) in [5.41, 5.74) is 0.845. The van der Waals surface area contributed by atoms with Gasteiger partial charge in [-0.2, -0.15) is 0 Å². The van der Waals surface area contributed by atoms with Crippen LogP contribution in [0.5, 0.6) is 0 Å². The van der Waals surface area contributed by atoms with Gasteiger partial charge < -0.3 is 8.83 Å². The van der Waals surface area contributed by atoms with Gasteiger partial charge in [-0.15, -0.1) is 20.4 Å². The van der Waals surface area contributed by atoms with Gasteiger partial charge in [-0.05, 0) is 26.8 Å². The first kappa shape index (κ1) is 13.3. The van der Waals surface area contributed by atoms with Gasteiger partial charge in [0.25, 0.3) is 5.89 Å². The molecule has 3 heterocycles. The summed E-state index contributed by atoms with van der Waals surface area (Å²) in [5.74, 6) is 3.25. The molecule has 0 bridgehead atoms. The molecule has 0 aliphatic rings. The van der Waals surface area contributed by atoms with E-state index in [4.69, 9.17) is 8.83 Å². The molecule has 0 aromatic carbocycles. The molecular formula is C12H12N4O2S2. The van der Waals surface area contributed by atoms with E-state index in [2.05, 4.69) is 20.4 Å². The average Bonchev–Trinajstić information content (AvgIpc) is 3.08. The van der Waals surface area contributed by atoms with Crippen molar-refractivity contribution in [3.8, 4) is 11.5 Å². The molecular weight excluding hydrogens is 296 g/mol. The Morgan fingerprint density at radius 1 is 1.10 bits per heavy atom. The van der Waals surface area contributed by atoms with E-state index in [0.29, 0.717) is 17.5 Å². The van der Waals surface area contributed by atoms with Crippen LogP contribution in [-0.2, 0) is 5.75 Å². The van der Waals surface area contributed by atoms with E-state index in [0.717, 1.165) is 26.4 Å². The van der Waals surface area contributed by atoms with Crippen molar-refractivity contribution in [1.82, 2.24) is 20.4 Å². The van der Waals surface area contributed by atoms with E-state index in [1.807, 2.05) is 26.8 Å². The first-order valence-corrected chi connectivity index (χ1v) is 7.74. The van der Waals surface area contributed by atoms with Gasteiger partial charge in [-0.25, -0.2) is 0 Å². The number of hydrogen-bond donors (Lipinski definition) is 0. The standard InChI is InChI=1S/C12H12N4O2S2/c1-6-4-9(7(2)17-6)11-15-14-10(18-11)5-19-12-16-13-8(3)20-12/h4H,5H2,1-3H3. The van der Waals surface area contributed by atoms with Crippen molar-refractivity contribution in [2.75, 3.05) is 0 Å². The zero-order chi connectivity index (χ0) is 14.1. The van der Waals surface area contributed by atoms with Crippen molar-refractivity contribution in [3.63, 3.8) is 0 Å². The minimum absolute atomic E-state index is 0.489. The maximum absolute atomic E-state index is 5.65. The van der Waals surface area contributed by atoms with Crippen molar-refractivity contribution in [3.05, 3.63) is 28.5 Å². The third-order valence-electron chi connectivity index (χ3n) is 2.56. The molecule has 0 spiro atoms. The Kier molecular flexibility index (Phi) is 3.58. The SMILES string of the molecule is Cc1cc(-c2nnc(CSc3nnc(C)s3)o2)c(C)o1. The first-order valence-electron chi connectivity index (χ1n) is 5.94. The van der Waals surface area contributed by atoms with Crippen LogP contribution in [0.3, 0.4) is 0 Å². The molecule has 3 aromatic rings. The normalized spacial score (nSPS) is 11.2. The van der Waals surface area contributed by atoms with Crippen molar-refractivity contribution in [2.45, 2.75) is 30.9 Å². The lowest BCUT2D eigenvalue weighted by Gasteiger charge is -1.91. The van der Waals surface area contributed by atoms with Gasteiger partial charge in [0.1, 0.15) is 16.5 Å². The molecule has 0 N–H and O–H groups in total. The number of furan rings is 1. The van der Waals surface area contributed by atoms with E-state index in [1.54, 1.807) is 11.3 Å². The second-order valence-electron chi connectivity index (χ2n) is 4.20. The predicted molar refractivity (Wildman–Crippen MR) is 75.7 cm³/mol. The van der Waals surface area contributed by atoms with Crippen LogP contribution in [0.2, 0.25) is 0 Å². The molecule has 0 aliphatic heterocycles. The molecule has 3 aromatic heterocycles. The van der Waals surface area contributed by atoms with Crippen LogP contribution in [0.15, 0.2) is 19.2 Å². The molecule has 0 saturated heterocycles. The molecule has 3 rings (SSSR count). The Labute approximate surface area is 123 Å². The van der Waals surface area contributed by atoms with E-state index >= 15 is 0 Å². The van der Waals surface area contributed by atoms with Crippen LogP contribution in [-0.4, -0.2) is 20.4 Å². The molecule has 0 aliphatic carbocycles. The van der Waals surface area contributed by atoms with Gasteiger partial charge >= 0.3 is 0 Å². The predicted octanol–water partition coefficient (Wildman–Crippen LogP) is 3.40. The third-order valence-corrected chi connectivity index (χ3v) is 4.52. The summed E-state index contributed by atoms with van der Waals surface area (Å²) in [6.45, 7) is 5.70. The molecule has 0 saturated carbocycles. The van der Waals surface area contributed by atoms with Gasteiger partial charge in [-0.1, -0.05) is 23.1 Å². The smallest absolute Gasteiger partial charge is 0.251 e. The monoisotopic (exact) mass is 308 g/mol. The average molecular weight is 308 g/mol. The Morgan fingerprint density at radius 2 is 1.95 bits per heavy atom. The van der Waals surface area contributed by atoms with Gasteiger partial charge in [0.05, 0.1) is 11.3 Å². The summed E-state index contributed by atoms with van der Waals surface area (Å²) >= 11 is 3.09. The first-order chi connectivity index (χ1) is 9.61. The van der Waals surface area contributed by atoms with Gasteiger partial charge in [0.15, 0.2) is 4.34 Å². The topological polar surface area (TPSA) is 77.8 Å². The maximum Gasteiger partial charge on any atom is 0.251 e. The largest absolute Gasteiger partial charge is 0.466 e. The zero-order valence-electron chi connectivity index (χ0n) is 11.2. The Bertz CT molecular complexity index is 731. The Hall–Kier alpha value is -1.67. The molecule has 0 radical (unpaired) electrons. The number of hydrogen-bond acceptors (Lipinski definition) is 8. The zero-order valence-corrected chi connectivity index (χ0v) is 12.8. The molecule has 0 amide bonds. The van der Waals surface area contributed by atoms with Crippen LogP contribution >= 0.6 is 23.1 Å². The second-order valence-corrected chi connectivity index (χ2v) is 6.61. The fourth-order valence-corrected chi connectivity index (χ4v) is 3.38. The highest BCUT2D eigenvalue weighted by Crippen LogP contribution is 2.28. The van der Waals surface area contributed by atoms with E-state index in [1.165, 1.54) is 11.8 Å². The fourth-order valence-electron chi connectivity index (χ4n) is 1.72. The van der Waals surface area contributed by atoms with Crippen LogP contribution in [0.1, 0.15) is 22.4 Å². The van der Waals surface area contributed by atoms with Gasteiger partial charge in [-0.3, -0.25) is 0 Å². The third kappa shape index (κ3) is 2.75. The number of aryl methyl sites for hydroxylation is 3. The lowest BCUT2D eigenvalue weighted by molar-refractivity contribution is 0.499. The van der Waals surface area contributed by atoms with Crippen molar-refractivity contribution in [1.29, 1.82) is 0 Å². The molecule has 104 valence electrons. The van der Waals surface area contributed by atoms with E-state index in [-0.39, 0.29) is 0 Å². The van der Waals surface area contributed by atoms with Crippen molar-refractivity contribution in [2.24, 2.45) is 0 Å². The molecule has 0 atom stereocenters. The number of thioether (sulfide) groups is 1. The highest BCUT2D eigenvalue weighted by Gasteiger charge is 2.15. The summed E-state index contributed by atoms with van der Waals surface area (Å²) in [6.07, 6.45) is 0. The number of rotatable bonds is 4. The minimum Gasteiger partial charge on any atom is -0.466 e. The van der Waals surface area contributed by atoms with E-state index in [9.17, 15) is 0 Å². The number of nitrogens with zero attached hydrogens (tertiary/aromatic N) is 4. The van der Waals surface area contributed by atoms with Crippen molar-refractivity contribution >= 4 is 23.1 Å². The van der Waals surface area contributed by atoms with E-state index < -0.39 is 0 Å². The summed E-state index contributed by atoms with van der Waals surface area (Å²) in [7, 11) is 0. The van der Waals surface area contributed by atoms with Crippen LogP contribution < -0.4 is 0 Å². The van der Waals surface area contributed by atoms with Crippen LogP contribution in [0, 0.1) is 20.8 Å². The quantitative estimate of drug-likeness (QED) is 0.683. The van der Waals surface area contributed by atoms with Crippen LogP contribution in [0.25, 0.3) is 11.5 Å². The lowest BCUT2D eigenvalue weighted by Crippen LogP contribution is -1.80. The second kappa shape index (κ2) is 5.37. The number of aromatic nitrogens is 4.